The van der Waals surface area contributed by atoms with Crippen LogP contribution < -0.4 is 25.4 Å². The van der Waals surface area contributed by atoms with Gasteiger partial charge in [0.15, 0.2) is 5.82 Å². The largest absolute Gasteiger partial charge is 0.475 e. The van der Waals surface area contributed by atoms with Crippen LogP contribution in [0.5, 0.6) is 11.9 Å². The van der Waals surface area contributed by atoms with E-state index >= 15 is 4.39 Å². The van der Waals surface area contributed by atoms with Gasteiger partial charge in [-0.3, -0.25) is 4.90 Å². The normalized spacial score (nSPS) is 29.0. The van der Waals surface area contributed by atoms with Gasteiger partial charge in [-0.05, 0) is 38.3 Å². The predicted molar refractivity (Wildman–Crippen MR) is 162 cm³/mol. The molecule has 8 heterocycles. The van der Waals surface area contributed by atoms with E-state index in [0.717, 1.165) is 36.9 Å². The highest BCUT2D eigenvalue weighted by Crippen LogP contribution is 2.46. The molecule has 0 saturated carbocycles. The molecule has 44 heavy (non-hydrogen) atoms. The third-order valence-corrected chi connectivity index (χ3v) is 11.3. The van der Waals surface area contributed by atoms with Gasteiger partial charge in [-0.1, -0.05) is 12.1 Å². The molecule has 9 rings (SSSR count). The number of thiophene rings is 1. The van der Waals surface area contributed by atoms with Gasteiger partial charge in [-0.25, -0.2) is 13.8 Å². The van der Waals surface area contributed by atoms with E-state index in [9.17, 15) is 9.65 Å². The molecule has 0 spiro atoms. The fourth-order valence-electron chi connectivity index (χ4n) is 8.28. The molecule has 5 atom stereocenters. The van der Waals surface area contributed by atoms with E-state index in [1.807, 2.05) is 6.07 Å². The van der Waals surface area contributed by atoms with Crippen molar-refractivity contribution in [2.45, 2.75) is 61.9 Å². The number of ether oxygens (including phenoxy) is 2. The fraction of sp³-hybridized carbons (Fsp3) is 0.484. The minimum Gasteiger partial charge on any atom is -0.475 e. The maximum absolute atomic E-state index is 16.9. The quantitative estimate of drug-likeness (QED) is 0.345. The second-order valence-corrected chi connectivity index (χ2v) is 13.8. The highest BCUT2D eigenvalue weighted by Gasteiger charge is 2.50. The van der Waals surface area contributed by atoms with Crippen LogP contribution in [0.1, 0.15) is 37.7 Å². The Hall–Kier alpha value is -3.86. The summed E-state index contributed by atoms with van der Waals surface area (Å²) in [6, 6.07) is 8.09. The highest BCUT2D eigenvalue weighted by atomic mass is 32.1. The van der Waals surface area contributed by atoms with E-state index in [0.29, 0.717) is 64.9 Å². The zero-order valence-electron chi connectivity index (χ0n) is 23.9. The van der Waals surface area contributed by atoms with Crippen molar-refractivity contribution in [1.82, 2.24) is 25.2 Å². The third kappa shape index (κ3) is 3.77. The van der Waals surface area contributed by atoms with Crippen molar-refractivity contribution in [1.29, 1.82) is 5.26 Å². The summed E-state index contributed by atoms with van der Waals surface area (Å²) in [4.78, 5) is 18.7. The second-order valence-electron chi connectivity index (χ2n) is 12.7. The van der Waals surface area contributed by atoms with Gasteiger partial charge in [0.1, 0.15) is 52.9 Å². The molecule has 4 aromatic rings. The van der Waals surface area contributed by atoms with Crippen molar-refractivity contribution >= 4 is 43.1 Å². The van der Waals surface area contributed by atoms with E-state index in [4.69, 9.17) is 25.2 Å². The maximum atomic E-state index is 16.9. The number of anilines is 2. The molecule has 4 fully saturated rings. The number of aromatic nitrogens is 3. The van der Waals surface area contributed by atoms with Crippen LogP contribution in [0.15, 0.2) is 18.2 Å². The van der Waals surface area contributed by atoms with E-state index in [2.05, 4.69) is 26.2 Å². The minimum atomic E-state index is -0.892. The first-order valence-corrected chi connectivity index (χ1v) is 16.0. The van der Waals surface area contributed by atoms with Crippen LogP contribution in [-0.2, 0) is 0 Å². The Morgan fingerprint density at radius 3 is 3.02 bits per heavy atom. The minimum absolute atomic E-state index is 0.0270. The number of alkyl halides is 1. The van der Waals surface area contributed by atoms with Crippen LogP contribution in [0, 0.1) is 17.1 Å². The van der Waals surface area contributed by atoms with Crippen molar-refractivity contribution in [3.05, 3.63) is 29.6 Å². The van der Waals surface area contributed by atoms with E-state index in [1.54, 1.807) is 12.1 Å². The van der Waals surface area contributed by atoms with Crippen LogP contribution in [-0.4, -0.2) is 82.5 Å². The van der Waals surface area contributed by atoms with Gasteiger partial charge in [-0.2, -0.15) is 15.2 Å². The molecule has 2 bridgehead atoms. The third-order valence-electron chi connectivity index (χ3n) is 10.3. The molecule has 1 unspecified atom stereocenters. The maximum Gasteiger partial charge on any atom is 0.319 e. The van der Waals surface area contributed by atoms with Gasteiger partial charge in [0.05, 0.1) is 17.1 Å². The van der Waals surface area contributed by atoms with Gasteiger partial charge in [-0.15, -0.1) is 11.3 Å². The van der Waals surface area contributed by atoms with E-state index in [-0.39, 0.29) is 41.8 Å². The van der Waals surface area contributed by atoms with Crippen molar-refractivity contribution in [2.75, 3.05) is 43.5 Å². The van der Waals surface area contributed by atoms with Crippen molar-refractivity contribution in [2.24, 2.45) is 0 Å². The molecule has 226 valence electrons. The smallest absolute Gasteiger partial charge is 0.319 e. The standard InChI is InChI=1S/C31H30F2N8O2S/c32-15-9-31(7-2-8-40(31)11-15)14-43-30-38-26-23-28(39-30)41-12-16-5-6-19(36-16)20(41)13-42-29(23)37-25(24(26)33)17-3-1-4-21-22(17)18(10-34)27(35)44-21/h1,3-4,15-16,19-20,36H,2,5-9,11-14,35H2/t15-,16+,19-,20?,31+/m1/s1. The summed E-state index contributed by atoms with van der Waals surface area (Å²) >= 11 is 1.28. The van der Waals surface area contributed by atoms with Crippen LogP contribution in [0.25, 0.3) is 32.2 Å². The Morgan fingerprint density at radius 2 is 2.14 bits per heavy atom. The first-order valence-electron chi connectivity index (χ1n) is 15.2. The first kappa shape index (κ1) is 26.5. The number of rotatable bonds is 4. The molecule has 0 aliphatic carbocycles. The second kappa shape index (κ2) is 9.57. The first-order chi connectivity index (χ1) is 21.4. The summed E-state index contributed by atoms with van der Waals surface area (Å²) < 4.78 is 44.8. The van der Waals surface area contributed by atoms with Gasteiger partial charge in [0, 0.05) is 47.2 Å². The Balaban J connectivity index is 1.23. The summed E-state index contributed by atoms with van der Waals surface area (Å²) in [6.45, 7) is 2.52. The number of halogens is 2. The van der Waals surface area contributed by atoms with Crippen molar-refractivity contribution < 1.29 is 18.3 Å². The Morgan fingerprint density at radius 1 is 1.23 bits per heavy atom. The van der Waals surface area contributed by atoms with Crippen LogP contribution in [0.4, 0.5) is 19.6 Å². The van der Waals surface area contributed by atoms with Crippen molar-refractivity contribution in [3.63, 3.8) is 0 Å². The highest BCUT2D eigenvalue weighted by molar-refractivity contribution is 7.23. The van der Waals surface area contributed by atoms with Crippen molar-refractivity contribution in [3.8, 4) is 29.2 Å². The number of piperazine rings is 1. The molecule has 3 N–H and O–H groups in total. The number of nitrogens with zero attached hydrogens (tertiary/aromatic N) is 6. The monoisotopic (exact) mass is 616 g/mol. The number of nitrogens with one attached hydrogen (secondary N) is 1. The van der Waals surface area contributed by atoms with E-state index in [1.165, 1.54) is 11.3 Å². The summed E-state index contributed by atoms with van der Waals surface area (Å²) in [6.07, 6.45) is 3.40. The Bertz CT molecular complexity index is 1900. The lowest BCUT2D eigenvalue weighted by Gasteiger charge is -2.40. The van der Waals surface area contributed by atoms with Gasteiger partial charge in [0.25, 0.3) is 0 Å². The number of fused-ring (bicyclic) bond motifs is 7. The average molecular weight is 617 g/mol. The topological polar surface area (TPSA) is 125 Å². The molecule has 13 heteroatoms. The molecule has 0 radical (unpaired) electrons. The number of hydrogen-bond donors (Lipinski definition) is 2. The van der Waals surface area contributed by atoms with E-state index < -0.39 is 17.5 Å². The summed E-state index contributed by atoms with van der Waals surface area (Å²) in [5.41, 5.74) is 6.58. The van der Waals surface area contributed by atoms with Crippen LogP contribution >= 0.6 is 11.3 Å². The summed E-state index contributed by atoms with van der Waals surface area (Å²) in [7, 11) is 0. The number of hydrogen-bond acceptors (Lipinski definition) is 11. The lowest BCUT2D eigenvalue weighted by molar-refractivity contribution is 0.107. The Labute approximate surface area is 255 Å². The molecular weight excluding hydrogens is 586 g/mol. The Kier molecular flexibility index (Phi) is 5.77. The molecule has 5 aliphatic heterocycles. The van der Waals surface area contributed by atoms with Crippen LogP contribution in [0.3, 0.4) is 0 Å². The summed E-state index contributed by atoms with van der Waals surface area (Å²) in [5.74, 6) is 0.146. The SMILES string of the molecule is N#Cc1c(N)sc2cccc(-c3nc4c5c(nc(OC[C@@]67CCCN6C[C@H](F)C7)nc5c3F)N3C[C@@H]5CC[C@@H](N5)C3CO4)c12. The molecular formula is C31H30F2N8O2S. The lowest BCUT2D eigenvalue weighted by atomic mass is 9.95. The number of pyridine rings is 1. The summed E-state index contributed by atoms with van der Waals surface area (Å²) in [5, 5.41) is 14.9. The number of nitriles is 1. The average Bonchev–Trinajstić information content (AvgIpc) is 3.73. The molecule has 3 aromatic heterocycles. The number of benzene rings is 1. The van der Waals surface area contributed by atoms with Crippen LogP contribution in [0.2, 0.25) is 0 Å². The lowest BCUT2D eigenvalue weighted by Crippen LogP contribution is -2.60. The predicted octanol–water partition coefficient (Wildman–Crippen LogP) is 4.16. The fourth-order valence-corrected chi connectivity index (χ4v) is 9.23. The number of nitrogen functional groups attached to an aromatic ring is 1. The zero-order valence-corrected chi connectivity index (χ0v) is 24.7. The van der Waals surface area contributed by atoms with Gasteiger partial charge in [0.2, 0.25) is 5.88 Å². The molecule has 4 saturated heterocycles. The molecule has 1 aromatic carbocycles. The molecule has 5 aliphatic rings. The zero-order chi connectivity index (χ0) is 29.7. The molecule has 0 amide bonds. The van der Waals surface area contributed by atoms with Gasteiger partial charge < -0.3 is 25.4 Å². The number of nitrogens with two attached hydrogens (primary N) is 1. The molecule has 10 nitrogen and oxygen atoms in total. The van der Waals surface area contributed by atoms with Gasteiger partial charge >= 0.3 is 6.01 Å².